The maximum absolute atomic E-state index is 11.8. The Kier molecular flexibility index (Phi) is 3.47. The van der Waals surface area contributed by atoms with Gasteiger partial charge >= 0.3 is 0 Å². The Labute approximate surface area is 89.7 Å². The van der Waals surface area contributed by atoms with Gasteiger partial charge in [0, 0.05) is 5.71 Å². The first kappa shape index (κ1) is 11.7. The summed E-state index contributed by atoms with van der Waals surface area (Å²) in [6.45, 7) is 3.49. The van der Waals surface area contributed by atoms with Crippen LogP contribution in [0.4, 0.5) is 0 Å². The summed E-state index contributed by atoms with van der Waals surface area (Å²) in [5.74, 6) is 4.87. The Balaban J connectivity index is 3.02. The Morgan fingerprint density at radius 3 is 2.33 bits per heavy atom. The number of benzene rings is 1. The van der Waals surface area contributed by atoms with Crippen LogP contribution in [0.3, 0.4) is 0 Å². The van der Waals surface area contributed by atoms with Crippen LogP contribution in [0.15, 0.2) is 34.3 Å². The van der Waals surface area contributed by atoms with Crippen LogP contribution in [-0.2, 0) is 9.84 Å². The van der Waals surface area contributed by atoms with Crippen LogP contribution in [0.25, 0.3) is 0 Å². The van der Waals surface area contributed by atoms with Gasteiger partial charge in [-0.05, 0) is 26.0 Å². The molecule has 0 radical (unpaired) electrons. The van der Waals surface area contributed by atoms with Crippen LogP contribution in [0.5, 0.6) is 0 Å². The normalized spacial score (nSPS) is 12.8. The van der Waals surface area contributed by atoms with Crippen molar-refractivity contribution in [3.63, 3.8) is 0 Å². The van der Waals surface area contributed by atoms with Crippen molar-refractivity contribution >= 4 is 15.5 Å². The minimum Gasteiger partial charge on any atom is -0.323 e. The fourth-order valence-corrected chi connectivity index (χ4v) is 2.48. The molecule has 4 nitrogen and oxygen atoms in total. The molecule has 0 aliphatic heterocycles. The van der Waals surface area contributed by atoms with Gasteiger partial charge in [0.1, 0.15) is 0 Å². The topological polar surface area (TPSA) is 72.5 Å². The molecule has 0 amide bonds. The lowest BCUT2D eigenvalue weighted by Crippen LogP contribution is -2.15. The van der Waals surface area contributed by atoms with Gasteiger partial charge in [-0.3, -0.25) is 0 Å². The summed E-state index contributed by atoms with van der Waals surface area (Å²) in [4.78, 5) is 0.302. The van der Waals surface area contributed by atoms with Crippen molar-refractivity contribution in [1.29, 1.82) is 0 Å². The van der Waals surface area contributed by atoms with Gasteiger partial charge in [0.2, 0.25) is 0 Å². The molecule has 2 N–H and O–H groups in total. The highest BCUT2D eigenvalue weighted by molar-refractivity contribution is 7.92. The number of nitrogens with two attached hydrogens (primary N) is 1. The second-order valence-corrected chi connectivity index (χ2v) is 5.43. The molecule has 0 aromatic heterocycles. The molecule has 0 unspecified atom stereocenters. The molecule has 1 aromatic carbocycles. The highest BCUT2D eigenvalue weighted by Crippen LogP contribution is 2.12. The smallest absolute Gasteiger partial charge is 0.183 e. The summed E-state index contributed by atoms with van der Waals surface area (Å²) in [6.07, 6.45) is 0. The zero-order valence-electron chi connectivity index (χ0n) is 8.77. The number of aryl methyl sites for hydroxylation is 1. The predicted molar refractivity (Wildman–Crippen MR) is 60.5 cm³/mol. The molecule has 0 saturated carbocycles. The molecule has 0 fully saturated rings. The SMILES string of the molecule is C/C(CS(=O)(=O)c1ccc(C)cc1)=N\N. The molecule has 1 rings (SSSR count). The van der Waals surface area contributed by atoms with E-state index in [2.05, 4.69) is 5.10 Å². The van der Waals surface area contributed by atoms with Crippen LogP contribution < -0.4 is 5.84 Å². The van der Waals surface area contributed by atoms with Gasteiger partial charge in [-0.1, -0.05) is 17.7 Å². The second kappa shape index (κ2) is 4.44. The van der Waals surface area contributed by atoms with Gasteiger partial charge in [0.15, 0.2) is 9.84 Å². The highest BCUT2D eigenvalue weighted by atomic mass is 32.2. The largest absolute Gasteiger partial charge is 0.323 e. The van der Waals surface area contributed by atoms with Crippen LogP contribution in [0, 0.1) is 6.92 Å². The average Bonchev–Trinajstić information content (AvgIpc) is 2.17. The first-order chi connectivity index (χ1) is 6.95. The van der Waals surface area contributed by atoms with Crippen LogP contribution in [-0.4, -0.2) is 19.9 Å². The van der Waals surface area contributed by atoms with Gasteiger partial charge in [0.05, 0.1) is 10.6 Å². The third-order valence-corrected chi connectivity index (χ3v) is 3.79. The molecule has 82 valence electrons. The van der Waals surface area contributed by atoms with E-state index in [9.17, 15) is 8.42 Å². The first-order valence-electron chi connectivity index (χ1n) is 4.48. The molecule has 0 spiro atoms. The molecule has 15 heavy (non-hydrogen) atoms. The zero-order valence-corrected chi connectivity index (χ0v) is 9.58. The van der Waals surface area contributed by atoms with Crippen molar-refractivity contribution in [2.24, 2.45) is 10.9 Å². The lowest BCUT2D eigenvalue weighted by atomic mass is 10.2. The molecule has 0 aliphatic carbocycles. The van der Waals surface area contributed by atoms with Crippen molar-refractivity contribution in [3.05, 3.63) is 29.8 Å². The van der Waals surface area contributed by atoms with Crippen molar-refractivity contribution in [1.82, 2.24) is 0 Å². The summed E-state index contributed by atoms with van der Waals surface area (Å²) in [5.41, 5.74) is 1.42. The van der Waals surface area contributed by atoms with E-state index in [1.54, 1.807) is 31.2 Å². The van der Waals surface area contributed by atoms with Gasteiger partial charge in [-0.15, -0.1) is 0 Å². The number of hydrogen-bond acceptors (Lipinski definition) is 4. The summed E-state index contributed by atoms with van der Waals surface area (Å²) in [6, 6.07) is 6.71. The van der Waals surface area contributed by atoms with E-state index >= 15 is 0 Å². The van der Waals surface area contributed by atoms with Crippen LogP contribution in [0.2, 0.25) is 0 Å². The predicted octanol–water partition coefficient (Wildman–Crippen LogP) is 1.10. The van der Waals surface area contributed by atoms with Crippen LogP contribution >= 0.6 is 0 Å². The van der Waals surface area contributed by atoms with E-state index < -0.39 is 9.84 Å². The fraction of sp³-hybridized carbons (Fsp3) is 0.300. The third-order valence-electron chi connectivity index (χ3n) is 2.00. The third kappa shape index (κ3) is 3.06. The first-order valence-corrected chi connectivity index (χ1v) is 6.14. The lowest BCUT2D eigenvalue weighted by molar-refractivity contribution is 0.600. The molecular weight excluding hydrogens is 212 g/mol. The lowest BCUT2D eigenvalue weighted by Gasteiger charge is -2.03. The standard InChI is InChI=1S/C10H14N2O2S/c1-8-3-5-10(6-4-8)15(13,14)7-9(2)12-11/h3-6H,7,11H2,1-2H3/b12-9+. The number of hydrogen-bond donors (Lipinski definition) is 1. The molecule has 0 atom stereocenters. The number of hydrazone groups is 1. The van der Waals surface area contributed by atoms with E-state index in [-0.39, 0.29) is 5.75 Å². The highest BCUT2D eigenvalue weighted by Gasteiger charge is 2.15. The fourth-order valence-electron chi connectivity index (χ4n) is 1.14. The maximum Gasteiger partial charge on any atom is 0.183 e. The average molecular weight is 226 g/mol. The van der Waals surface area contributed by atoms with Crippen molar-refractivity contribution < 1.29 is 8.42 Å². The molecular formula is C10H14N2O2S. The molecule has 0 saturated heterocycles. The van der Waals surface area contributed by atoms with Crippen LogP contribution in [0.1, 0.15) is 12.5 Å². The van der Waals surface area contributed by atoms with Gasteiger partial charge < -0.3 is 5.84 Å². The Hall–Kier alpha value is -1.36. The zero-order chi connectivity index (χ0) is 11.5. The molecule has 1 aromatic rings. The number of nitrogens with zero attached hydrogens (tertiary/aromatic N) is 1. The molecule has 0 aliphatic rings. The van der Waals surface area contributed by atoms with Crippen molar-refractivity contribution in [2.45, 2.75) is 18.7 Å². The quantitative estimate of drug-likeness (QED) is 0.476. The number of sulfone groups is 1. The van der Waals surface area contributed by atoms with Gasteiger partial charge in [0.25, 0.3) is 0 Å². The maximum atomic E-state index is 11.8. The summed E-state index contributed by atoms with van der Waals surface area (Å²) in [5, 5.41) is 3.35. The van der Waals surface area contributed by atoms with Crippen molar-refractivity contribution in [3.8, 4) is 0 Å². The second-order valence-electron chi connectivity index (χ2n) is 3.44. The Morgan fingerprint density at radius 1 is 1.33 bits per heavy atom. The minimum absolute atomic E-state index is 0.132. The molecule has 0 heterocycles. The van der Waals surface area contributed by atoms with E-state index in [0.29, 0.717) is 10.6 Å². The molecule has 5 heteroatoms. The van der Waals surface area contributed by atoms with Gasteiger partial charge in [-0.2, -0.15) is 5.10 Å². The van der Waals surface area contributed by atoms with E-state index in [0.717, 1.165) is 5.56 Å². The minimum atomic E-state index is -3.30. The summed E-state index contributed by atoms with van der Waals surface area (Å²) < 4.78 is 23.6. The monoisotopic (exact) mass is 226 g/mol. The summed E-state index contributed by atoms with van der Waals surface area (Å²) >= 11 is 0. The Bertz CT molecular complexity index is 461. The van der Waals surface area contributed by atoms with E-state index in [1.807, 2.05) is 6.92 Å². The van der Waals surface area contributed by atoms with Gasteiger partial charge in [-0.25, -0.2) is 8.42 Å². The Morgan fingerprint density at radius 2 is 1.87 bits per heavy atom. The number of rotatable bonds is 3. The summed E-state index contributed by atoms with van der Waals surface area (Å²) in [7, 11) is -3.30. The van der Waals surface area contributed by atoms with E-state index in [4.69, 9.17) is 5.84 Å². The van der Waals surface area contributed by atoms with Crippen molar-refractivity contribution in [2.75, 3.05) is 5.75 Å². The van der Waals surface area contributed by atoms with E-state index in [1.165, 1.54) is 0 Å². The molecule has 0 bridgehead atoms.